The highest BCUT2D eigenvalue weighted by atomic mass is 16.6. The first-order valence-corrected chi connectivity index (χ1v) is 6.81. The lowest BCUT2D eigenvalue weighted by molar-refractivity contribution is 0.0945. The third-order valence-corrected chi connectivity index (χ3v) is 3.23. The molecule has 0 saturated carbocycles. The van der Waals surface area contributed by atoms with Crippen molar-refractivity contribution in [3.63, 3.8) is 0 Å². The van der Waals surface area contributed by atoms with Crippen molar-refractivity contribution in [2.24, 2.45) is 0 Å². The van der Waals surface area contributed by atoms with Gasteiger partial charge < -0.3 is 10.1 Å². The molecule has 1 N–H and O–H groups in total. The summed E-state index contributed by atoms with van der Waals surface area (Å²) in [7, 11) is 0. The van der Waals surface area contributed by atoms with Crippen LogP contribution in [0.3, 0.4) is 0 Å². The van der Waals surface area contributed by atoms with E-state index in [1.807, 2.05) is 24.3 Å². The third kappa shape index (κ3) is 3.03. The molecule has 1 aromatic carbocycles. The zero-order valence-corrected chi connectivity index (χ0v) is 11.7. The zero-order valence-electron chi connectivity index (χ0n) is 11.7. The standard InChI is InChI=1S/C15H14N4O3/c20-14(13-10-16-4-5-17-13)18-9-11-2-1-3-12(8-11)19-6-7-22-15(19)21/h1-5,8,10H,6-7,9H2,(H,18,20). The van der Waals surface area contributed by atoms with Crippen molar-refractivity contribution < 1.29 is 14.3 Å². The van der Waals surface area contributed by atoms with Crippen LogP contribution in [-0.4, -0.2) is 35.1 Å². The maximum absolute atomic E-state index is 11.9. The van der Waals surface area contributed by atoms with E-state index in [0.717, 1.165) is 11.3 Å². The molecule has 0 unspecified atom stereocenters. The van der Waals surface area contributed by atoms with Crippen LogP contribution in [0.2, 0.25) is 0 Å². The molecular weight excluding hydrogens is 284 g/mol. The van der Waals surface area contributed by atoms with E-state index in [9.17, 15) is 9.59 Å². The lowest BCUT2D eigenvalue weighted by Crippen LogP contribution is -2.25. The van der Waals surface area contributed by atoms with Gasteiger partial charge in [0.1, 0.15) is 12.3 Å². The number of anilines is 1. The summed E-state index contributed by atoms with van der Waals surface area (Å²) in [6.07, 6.45) is 4.04. The Balaban J connectivity index is 1.66. The van der Waals surface area contributed by atoms with E-state index in [2.05, 4.69) is 15.3 Å². The lowest BCUT2D eigenvalue weighted by Gasteiger charge is -2.14. The summed E-state index contributed by atoms with van der Waals surface area (Å²) in [5.74, 6) is -0.293. The van der Waals surface area contributed by atoms with Gasteiger partial charge >= 0.3 is 6.09 Å². The quantitative estimate of drug-likeness (QED) is 0.921. The number of carbonyl (C=O) groups excluding carboxylic acids is 2. The normalized spacial score (nSPS) is 13.8. The Morgan fingerprint density at radius 2 is 2.27 bits per heavy atom. The molecule has 0 aliphatic carbocycles. The molecule has 2 heterocycles. The Bertz CT molecular complexity index is 690. The zero-order chi connectivity index (χ0) is 15.4. The number of rotatable bonds is 4. The number of nitrogens with zero attached hydrogens (tertiary/aromatic N) is 3. The molecule has 0 spiro atoms. The van der Waals surface area contributed by atoms with Crippen molar-refractivity contribution in [1.82, 2.24) is 15.3 Å². The molecule has 3 rings (SSSR count). The molecular formula is C15H14N4O3. The molecule has 7 heteroatoms. The molecule has 22 heavy (non-hydrogen) atoms. The van der Waals surface area contributed by atoms with Gasteiger partial charge in [0.15, 0.2) is 0 Å². The predicted octanol–water partition coefficient (Wildman–Crippen LogP) is 1.36. The largest absolute Gasteiger partial charge is 0.447 e. The summed E-state index contributed by atoms with van der Waals surface area (Å²) < 4.78 is 4.92. The summed E-state index contributed by atoms with van der Waals surface area (Å²) in [6.45, 7) is 1.27. The lowest BCUT2D eigenvalue weighted by atomic mass is 10.2. The fourth-order valence-electron chi connectivity index (χ4n) is 2.15. The van der Waals surface area contributed by atoms with Crippen LogP contribution in [0.1, 0.15) is 16.1 Å². The molecule has 1 aliphatic rings. The Labute approximate surface area is 126 Å². The summed E-state index contributed by atoms with van der Waals surface area (Å²) >= 11 is 0. The van der Waals surface area contributed by atoms with Crippen LogP contribution in [0.4, 0.5) is 10.5 Å². The van der Waals surface area contributed by atoms with E-state index in [0.29, 0.717) is 19.7 Å². The average Bonchev–Trinajstić information content (AvgIpc) is 3.00. The molecule has 1 fully saturated rings. The maximum atomic E-state index is 11.9. The number of carbonyl (C=O) groups is 2. The second kappa shape index (κ2) is 6.21. The van der Waals surface area contributed by atoms with Gasteiger partial charge in [-0.3, -0.25) is 14.7 Å². The second-order valence-corrected chi connectivity index (χ2v) is 4.71. The summed E-state index contributed by atoms with van der Waals surface area (Å²) in [4.78, 5) is 32.8. The molecule has 7 nitrogen and oxygen atoms in total. The predicted molar refractivity (Wildman–Crippen MR) is 78.3 cm³/mol. The molecule has 2 aromatic rings. The van der Waals surface area contributed by atoms with Crippen LogP contribution in [0.5, 0.6) is 0 Å². The Morgan fingerprint density at radius 1 is 1.36 bits per heavy atom. The highest BCUT2D eigenvalue weighted by Crippen LogP contribution is 2.19. The first-order chi connectivity index (χ1) is 10.7. The molecule has 0 bridgehead atoms. The first kappa shape index (κ1) is 14.0. The van der Waals surface area contributed by atoms with Crippen molar-refractivity contribution >= 4 is 17.7 Å². The van der Waals surface area contributed by atoms with E-state index in [4.69, 9.17) is 4.74 Å². The van der Waals surface area contributed by atoms with Gasteiger partial charge in [0, 0.05) is 24.6 Å². The fourth-order valence-corrected chi connectivity index (χ4v) is 2.15. The van der Waals surface area contributed by atoms with Crippen LogP contribution in [0.15, 0.2) is 42.9 Å². The average molecular weight is 298 g/mol. The van der Waals surface area contributed by atoms with Gasteiger partial charge in [0.05, 0.1) is 12.7 Å². The number of hydrogen-bond donors (Lipinski definition) is 1. The maximum Gasteiger partial charge on any atom is 0.414 e. The van der Waals surface area contributed by atoms with Crippen LogP contribution < -0.4 is 10.2 Å². The van der Waals surface area contributed by atoms with E-state index in [1.54, 1.807) is 4.90 Å². The monoisotopic (exact) mass is 298 g/mol. The molecule has 112 valence electrons. The Hall–Kier alpha value is -2.96. The third-order valence-electron chi connectivity index (χ3n) is 3.23. The van der Waals surface area contributed by atoms with Gasteiger partial charge in [0.2, 0.25) is 0 Å². The summed E-state index contributed by atoms with van der Waals surface area (Å²) in [6, 6.07) is 7.40. The fraction of sp³-hybridized carbons (Fsp3) is 0.200. The minimum absolute atomic E-state index is 0.266. The van der Waals surface area contributed by atoms with Crippen molar-refractivity contribution in [1.29, 1.82) is 0 Å². The number of hydrogen-bond acceptors (Lipinski definition) is 5. The molecule has 0 atom stereocenters. The molecule has 2 amide bonds. The van der Waals surface area contributed by atoms with Gasteiger partial charge in [-0.1, -0.05) is 12.1 Å². The second-order valence-electron chi connectivity index (χ2n) is 4.71. The highest BCUT2D eigenvalue weighted by molar-refractivity contribution is 5.92. The minimum Gasteiger partial charge on any atom is -0.447 e. The number of cyclic esters (lactones) is 1. The number of amides is 2. The van der Waals surface area contributed by atoms with E-state index in [-0.39, 0.29) is 17.7 Å². The van der Waals surface area contributed by atoms with Crippen molar-refractivity contribution in [3.05, 3.63) is 54.1 Å². The topological polar surface area (TPSA) is 84.4 Å². The minimum atomic E-state index is -0.347. The van der Waals surface area contributed by atoms with Gasteiger partial charge in [0.25, 0.3) is 5.91 Å². The number of ether oxygens (including phenoxy) is 1. The summed E-state index contributed by atoms with van der Waals surface area (Å²) in [5.41, 5.74) is 1.91. The number of nitrogens with one attached hydrogen (secondary N) is 1. The van der Waals surface area contributed by atoms with Crippen LogP contribution in [0.25, 0.3) is 0 Å². The first-order valence-electron chi connectivity index (χ1n) is 6.81. The smallest absolute Gasteiger partial charge is 0.414 e. The van der Waals surface area contributed by atoms with Gasteiger partial charge in [-0.2, -0.15) is 0 Å². The Kier molecular flexibility index (Phi) is 3.95. The molecule has 1 saturated heterocycles. The molecule has 1 aromatic heterocycles. The SMILES string of the molecule is O=C(NCc1cccc(N2CCOC2=O)c1)c1cnccn1. The van der Waals surface area contributed by atoms with Gasteiger partial charge in [-0.15, -0.1) is 0 Å². The van der Waals surface area contributed by atoms with Crippen molar-refractivity contribution in [3.8, 4) is 0 Å². The molecule has 1 aliphatic heterocycles. The molecule has 0 radical (unpaired) electrons. The highest BCUT2D eigenvalue weighted by Gasteiger charge is 2.23. The van der Waals surface area contributed by atoms with E-state index < -0.39 is 0 Å². The van der Waals surface area contributed by atoms with E-state index >= 15 is 0 Å². The van der Waals surface area contributed by atoms with Gasteiger partial charge in [-0.25, -0.2) is 9.78 Å². The van der Waals surface area contributed by atoms with Crippen LogP contribution in [0, 0.1) is 0 Å². The van der Waals surface area contributed by atoms with Crippen LogP contribution in [-0.2, 0) is 11.3 Å². The van der Waals surface area contributed by atoms with E-state index in [1.165, 1.54) is 18.6 Å². The van der Waals surface area contributed by atoms with Crippen molar-refractivity contribution in [2.75, 3.05) is 18.1 Å². The van der Waals surface area contributed by atoms with Crippen molar-refractivity contribution in [2.45, 2.75) is 6.54 Å². The van der Waals surface area contributed by atoms with Gasteiger partial charge in [-0.05, 0) is 17.7 Å². The number of aromatic nitrogens is 2. The summed E-state index contributed by atoms with van der Waals surface area (Å²) in [5, 5.41) is 2.77. The Morgan fingerprint density at radius 3 is 3.00 bits per heavy atom. The van der Waals surface area contributed by atoms with Crippen LogP contribution >= 0.6 is 0 Å². The number of benzene rings is 1.